The third-order valence-corrected chi connectivity index (χ3v) is 5.03. The molecule has 4 rings (SSSR count). The van der Waals surface area contributed by atoms with Gasteiger partial charge in [-0.2, -0.15) is 4.37 Å². The third-order valence-electron chi connectivity index (χ3n) is 4.53. The van der Waals surface area contributed by atoms with Gasteiger partial charge >= 0.3 is 0 Å². The maximum atomic E-state index is 6.41. The van der Waals surface area contributed by atoms with Crippen LogP contribution in [0, 0.1) is 0 Å². The predicted molar refractivity (Wildman–Crippen MR) is 101 cm³/mol. The van der Waals surface area contributed by atoms with E-state index in [4.69, 9.17) is 4.74 Å². The molecule has 25 heavy (non-hydrogen) atoms. The van der Waals surface area contributed by atoms with Gasteiger partial charge in [-0.3, -0.25) is 0 Å². The van der Waals surface area contributed by atoms with E-state index in [1.54, 1.807) is 0 Å². The molecule has 0 saturated carbocycles. The summed E-state index contributed by atoms with van der Waals surface area (Å²) in [5.41, 5.74) is 2.23. The molecule has 1 aliphatic rings. The van der Waals surface area contributed by atoms with Gasteiger partial charge in [0.1, 0.15) is 0 Å². The van der Waals surface area contributed by atoms with Gasteiger partial charge < -0.3 is 9.64 Å². The highest BCUT2D eigenvalue weighted by Crippen LogP contribution is 2.34. The van der Waals surface area contributed by atoms with Gasteiger partial charge in [0, 0.05) is 13.1 Å². The maximum absolute atomic E-state index is 6.41. The maximum Gasteiger partial charge on any atom is 0.271 e. The largest absolute Gasteiger partial charge is 0.461 e. The quantitative estimate of drug-likeness (QED) is 0.668. The van der Waals surface area contributed by atoms with Gasteiger partial charge in [0.2, 0.25) is 5.82 Å². The summed E-state index contributed by atoms with van der Waals surface area (Å²) in [5.74, 6) is 1.53. The van der Waals surface area contributed by atoms with Crippen LogP contribution >= 0.6 is 11.7 Å². The van der Waals surface area contributed by atoms with Crippen LogP contribution in [0.15, 0.2) is 60.7 Å². The first-order valence-corrected chi connectivity index (χ1v) is 9.49. The van der Waals surface area contributed by atoms with Crippen LogP contribution in [0.4, 0.5) is 5.82 Å². The Kier molecular flexibility index (Phi) is 4.93. The molecule has 0 bridgehead atoms. The van der Waals surface area contributed by atoms with Crippen LogP contribution in [0.25, 0.3) is 0 Å². The Labute approximate surface area is 152 Å². The van der Waals surface area contributed by atoms with Crippen molar-refractivity contribution in [1.82, 2.24) is 8.75 Å². The van der Waals surface area contributed by atoms with E-state index in [-0.39, 0.29) is 6.10 Å². The smallest absolute Gasteiger partial charge is 0.271 e. The Hall–Kier alpha value is -2.40. The van der Waals surface area contributed by atoms with E-state index in [0.717, 1.165) is 30.0 Å². The number of aromatic nitrogens is 2. The number of rotatable bonds is 5. The van der Waals surface area contributed by atoms with Crippen molar-refractivity contribution in [3.05, 3.63) is 71.8 Å². The van der Waals surface area contributed by atoms with Crippen LogP contribution in [-0.4, -0.2) is 21.8 Å². The van der Waals surface area contributed by atoms with Crippen LogP contribution in [-0.2, 0) is 0 Å². The molecule has 0 atom stereocenters. The second-order valence-corrected chi connectivity index (χ2v) is 6.79. The summed E-state index contributed by atoms with van der Waals surface area (Å²) in [7, 11) is 0. The van der Waals surface area contributed by atoms with Gasteiger partial charge in [-0.25, -0.2) is 0 Å². The monoisotopic (exact) mass is 351 g/mol. The lowest BCUT2D eigenvalue weighted by Gasteiger charge is -2.27. The predicted octanol–water partition coefficient (Wildman–Crippen LogP) is 4.70. The van der Waals surface area contributed by atoms with E-state index < -0.39 is 0 Å². The molecule has 1 aromatic heterocycles. The third kappa shape index (κ3) is 3.66. The minimum Gasteiger partial charge on any atom is -0.461 e. The molecule has 0 amide bonds. The van der Waals surface area contributed by atoms with Gasteiger partial charge in [0.05, 0.1) is 11.7 Å². The fourth-order valence-electron chi connectivity index (χ4n) is 3.24. The molecular weight excluding hydrogens is 330 g/mol. The summed E-state index contributed by atoms with van der Waals surface area (Å²) < 4.78 is 15.4. The van der Waals surface area contributed by atoms with Crippen LogP contribution in [0.2, 0.25) is 0 Å². The van der Waals surface area contributed by atoms with Crippen molar-refractivity contribution >= 4 is 17.5 Å². The Morgan fingerprint density at radius 2 is 1.40 bits per heavy atom. The average Bonchev–Trinajstić information content (AvgIpc) is 3.16. The fraction of sp³-hybridized carbons (Fsp3) is 0.300. The number of anilines is 1. The van der Waals surface area contributed by atoms with Crippen molar-refractivity contribution in [2.45, 2.75) is 25.4 Å². The Morgan fingerprint density at radius 3 is 2.00 bits per heavy atom. The molecule has 0 aliphatic carbocycles. The first-order valence-electron chi connectivity index (χ1n) is 8.76. The molecule has 5 heteroatoms. The van der Waals surface area contributed by atoms with E-state index in [2.05, 4.69) is 37.9 Å². The molecule has 2 heterocycles. The molecule has 2 aromatic carbocycles. The molecule has 0 N–H and O–H groups in total. The highest BCUT2D eigenvalue weighted by atomic mass is 32.1. The molecule has 1 fully saturated rings. The van der Waals surface area contributed by atoms with Crippen molar-refractivity contribution < 1.29 is 4.74 Å². The lowest BCUT2D eigenvalue weighted by Crippen LogP contribution is -2.30. The zero-order chi connectivity index (χ0) is 16.9. The first-order chi connectivity index (χ1) is 12.4. The number of nitrogens with zero attached hydrogens (tertiary/aromatic N) is 3. The molecule has 4 nitrogen and oxygen atoms in total. The second-order valence-electron chi connectivity index (χ2n) is 6.26. The van der Waals surface area contributed by atoms with Crippen molar-refractivity contribution in [3.63, 3.8) is 0 Å². The molecule has 0 spiro atoms. The molecule has 1 saturated heterocycles. The van der Waals surface area contributed by atoms with Gasteiger partial charge in [-0.05, 0) is 30.4 Å². The number of benzene rings is 2. The Morgan fingerprint density at radius 1 is 0.800 bits per heavy atom. The fourth-order valence-corrected chi connectivity index (χ4v) is 3.76. The number of ether oxygens (including phenoxy) is 1. The standard InChI is InChI=1S/C20H21N3OS/c1-4-10-16(11-5-1)18(17-12-6-2-7-13-17)24-20-19(21-25-22-20)23-14-8-3-9-15-23/h1-2,4-7,10-13,18H,3,8-9,14-15H2. The van der Waals surface area contributed by atoms with Crippen molar-refractivity contribution in [2.75, 3.05) is 18.0 Å². The summed E-state index contributed by atoms with van der Waals surface area (Å²) in [6.07, 6.45) is 3.52. The van der Waals surface area contributed by atoms with Crippen LogP contribution in [0.3, 0.4) is 0 Å². The summed E-state index contributed by atoms with van der Waals surface area (Å²) in [5, 5.41) is 0. The molecule has 128 valence electrons. The SMILES string of the molecule is c1ccc(C(Oc2nsnc2N2CCCCC2)c2ccccc2)cc1. The van der Waals surface area contributed by atoms with Crippen LogP contribution in [0.5, 0.6) is 5.88 Å². The van der Waals surface area contributed by atoms with E-state index in [1.165, 1.54) is 31.0 Å². The van der Waals surface area contributed by atoms with E-state index in [1.807, 2.05) is 36.4 Å². The lowest BCUT2D eigenvalue weighted by molar-refractivity contribution is 0.239. The molecule has 0 unspecified atom stereocenters. The Bertz CT molecular complexity index is 745. The highest BCUT2D eigenvalue weighted by molar-refractivity contribution is 6.99. The number of hydrogen-bond donors (Lipinski definition) is 0. The van der Waals surface area contributed by atoms with Crippen LogP contribution < -0.4 is 9.64 Å². The van der Waals surface area contributed by atoms with Crippen molar-refractivity contribution in [3.8, 4) is 5.88 Å². The van der Waals surface area contributed by atoms with Gasteiger partial charge in [0.15, 0.2) is 6.10 Å². The molecule has 3 aromatic rings. The zero-order valence-corrected chi connectivity index (χ0v) is 14.9. The van der Waals surface area contributed by atoms with E-state index in [9.17, 15) is 0 Å². The summed E-state index contributed by atoms with van der Waals surface area (Å²) in [6.45, 7) is 2.06. The topological polar surface area (TPSA) is 38.3 Å². The average molecular weight is 351 g/mol. The molecular formula is C20H21N3OS. The van der Waals surface area contributed by atoms with Crippen molar-refractivity contribution in [2.24, 2.45) is 0 Å². The van der Waals surface area contributed by atoms with E-state index in [0.29, 0.717) is 5.88 Å². The second kappa shape index (κ2) is 7.66. The molecule has 1 aliphatic heterocycles. The minimum absolute atomic E-state index is 0.185. The van der Waals surface area contributed by atoms with Gasteiger partial charge in [-0.1, -0.05) is 60.7 Å². The van der Waals surface area contributed by atoms with Gasteiger partial charge in [0.25, 0.3) is 5.88 Å². The van der Waals surface area contributed by atoms with E-state index >= 15 is 0 Å². The summed E-state index contributed by atoms with van der Waals surface area (Å²) in [6, 6.07) is 20.6. The molecule has 0 radical (unpaired) electrons. The Balaban J connectivity index is 1.65. The summed E-state index contributed by atoms with van der Waals surface area (Å²) >= 11 is 1.23. The van der Waals surface area contributed by atoms with Crippen LogP contribution in [0.1, 0.15) is 36.5 Å². The zero-order valence-electron chi connectivity index (χ0n) is 14.0. The number of piperidine rings is 1. The van der Waals surface area contributed by atoms with Crippen molar-refractivity contribution in [1.29, 1.82) is 0 Å². The minimum atomic E-state index is -0.185. The normalized spacial score (nSPS) is 14.7. The lowest BCUT2D eigenvalue weighted by atomic mass is 10.0. The number of hydrogen-bond acceptors (Lipinski definition) is 5. The first kappa shape index (κ1) is 16.1. The summed E-state index contributed by atoms with van der Waals surface area (Å²) in [4.78, 5) is 2.30. The van der Waals surface area contributed by atoms with Gasteiger partial charge in [-0.15, -0.1) is 4.37 Å². The highest BCUT2D eigenvalue weighted by Gasteiger charge is 2.24.